The smallest absolute Gasteiger partial charge is 0.242 e. The predicted molar refractivity (Wildman–Crippen MR) is 100 cm³/mol. The van der Waals surface area contributed by atoms with Gasteiger partial charge in [-0.2, -0.15) is 0 Å². The number of carbonyl (C=O) groups excluding carboxylic acids is 2. The molecule has 1 heterocycles. The lowest BCUT2D eigenvalue weighted by Gasteiger charge is -2.32. The molecule has 0 aliphatic carbocycles. The molecule has 1 aliphatic heterocycles. The predicted octanol–water partition coefficient (Wildman–Crippen LogP) is 2.15. The van der Waals surface area contributed by atoms with Crippen molar-refractivity contribution < 1.29 is 14.0 Å². The Morgan fingerprint density at radius 2 is 1.85 bits per heavy atom. The third-order valence-electron chi connectivity index (χ3n) is 5.11. The maximum atomic E-state index is 13.5. The molecular formula is C20H30FN3O2. The van der Waals surface area contributed by atoms with E-state index in [2.05, 4.69) is 10.2 Å². The Bertz CT molecular complexity index is 640. The summed E-state index contributed by atoms with van der Waals surface area (Å²) in [6.45, 7) is 8.99. The second-order valence-corrected chi connectivity index (χ2v) is 7.52. The summed E-state index contributed by atoms with van der Waals surface area (Å²) in [5.74, 6) is -0.191. The van der Waals surface area contributed by atoms with E-state index < -0.39 is 0 Å². The van der Waals surface area contributed by atoms with Crippen molar-refractivity contribution in [1.82, 2.24) is 15.1 Å². The molecule has 2 rings (SSSR count). The van der Waals surface area contributed by atoms with Crippen molar-refractivity contribution in [2.45, 2.75) is 33.1 Å². The minimum Gasteiger partial charge on any atom is -0.347 e. The Kier molecular flexibility index (Phi) is 7.14. The van der Waals surface area contributed by atoms with Crippen molar-refractivity contribution in [3.63, 3.8) is 0 Å². The lowest BCUT2D eigenvalue weighted by atomic mass is 9.85. The highest BCUT2D eigenvalue weighted by atomic mass is 19.1. The number of nitrogens with one attached hydrogen (secondary N) is 1. The van der Waals surface area contributed by atoms with Gasteiger partial charge in [0.05, 0.1) is 6.54 Å². The van der Waals surface area contributed by atoms with Gasteiger partial charge in [-0.1, -0.05) is 26.0 Å². The number of hydrogen-bond donors (Lipinski definition) is 1. The van der Waals surface area contributed by atoms with Crippen LogP contribution in [0.5, 0.6) is 0 Å². The number of aryl methyl sites for hydroxylation is 1. The van der Waals surface area contributed by atoms with Crippen molar-refractivity contribution in [1.29, 1.82) is 0 Å². The van der Waals surface area contributed by atoms with E-state index in [0.717, 1.165) is 18.7 Å². The molecule has 0 spiro atoms. The van der Waals surface area contributed by atoms with Crippen LogP contribution >= 0.6 is 0 Å². The van der Waals surface area contributed by atoms with E-state index in [1.54, 1.807) is 17.9 Å². The average molecular weight is 363 g/mol. The van der Waals surface area contributed by atoms with Gasteiger partial charge in [0.2, 0.25) is 11.8 Å². The first kappa shape index (κ1) is 20.4. The summed E-state index contributed by atoms with van der Waals surface area (Å²) in [6.07, 6.45) is 0.290. The molecule has 0 radical (unpaired) electrons. The number of likely N-dealkylation sites (N-methyl/N-ethyl adjacent to an activating group) is 1. The molecule has 1 atom stereocenters. The van der Waals surface area contributed by atoms with Crippen LogP contribution in [-0.2, 0) is 9.59 Å². The second kappa shape index (κ2) is 9.12. The highest BCUT2D eigenvalue weighted by molar-refractivity contribution is 5.85. The lowest BCUT2D eigenvalue weighted by molar-refractivity contribution is -0.134. The molecule has 2 amide bonds. The molecule has 144 valence electrons. The molecule has 1 fully saturated rings. The van der Waals surface area contributed by atoms with Crippen LogP contribution in [0.25, 0.3) is 0 Å². The van der Waals surface area contributed by atoms with Gasteiger partial charge < -0.3 is 15.1 Å². The fraction of sp³-hybridized carbons (Fsp3) is 0.600. The molecular weight excluding hydrogens is 333 g/mol. The normalized spacial score (nSPS) is 16.6. The first-order chi connectivity index (χ1) is 12.3. The summed E-state index contributed by atoms with van der Waals surface area (Å²) in [6, 6.07) is 5.01. The largest absolute Gasteiger partial charge is 0.347 e. The summed E-state index contributed by atoms with van der Waals surface area (Å²) in [7, 11) is 2.03. The van der Waals surface area contributed by atoms with E-state index in [1.165, 1.54) is 6.07 Å². The van der Waals surface area contributed by atoms with Gasteiger partial charge >= 0.3 is 0 Å². The van der Waals surface area contributed by atoms with Gasteiger partial charge in [-0.3, -0.25) is 9.59 Å². The quantitative estimate of drug-likeness (QED) is 0.843. The third-order valence-corrected chi connectivity index (χ3v) is 5.11. The number of halogens is 1. The second-order valence-electron chi connectivity index (χ2n) is 7.52. The standard InChI is InChI=1S/C20H30FN3O2/c1-14(2)17(16-5-6-18(21)15(3)11-16)12-19(25)22-13-20(26)24-9-7-23(4)8-10-24/h5-6,11,14,17H,7-10,12-13H2,1-4H3,(H,22,25). The van der Waals surface area contributed by atoms with Gasteiger partial charge in [0.15, 0.2) is 0 Å². The van der Waals surface area contributed by atoms with E-state index in [4.69, 9.17) is 0 Å². The Balaban J connectivity index is 1.89. The number of piperazine rings is 1. The van der Waals surface area contributed by atoms with Crippen LogP contribution in [-0.4, -0.2) is 61.4 Å². The van der Waals surface area contributed by atoms with E-state index >= 15 is 0 Å². The van der Waals surface area contributed by atoms with Crippen LogP contribution in [0.4, 0.5) is 4.39 Å². The Morgan fingerprint density at radius 3 is 2.42 bits per heavy atom. The zero-order chi connectivity index (χ0) is 19.3. The van der Waals surface area contributed by atoms with Crippen LogP contribution in [0, 0.1) is 18.7 Å². The highest BCUT2D eigenvalue weighted by Gasteiger charge is 2.22. The number of hydrogen-bond acceptors (Lipinski definition) is 3. The van der Waals surface area contributed by atoms with Crippen LogP contribution < -0.4 is 5.32 Å². The van der Waals surface area contributed by atoms with Crippen molar-refractivity contribution in [2.75, 3.05) is 39.8 Å². The molecule has 1 saturated heterocycles. The SMILES string of the molecule is Cc1cc(C(CC(=O)NCC(=O)N2CCN(C)CC2)C(C)C)ccc1F. The summed E-state index contributed by atoms with van der Waals surface area (Å²) < 4.78 is 13.5. The molecule has 0 saturated carbocycles. The van der Waals surface area contributed by atoms with Crippen molar-refractivity contribution in [3.05, 3.63) is 35.1 Å². The molecule has 26 heavy (non-hydrogen) atoms. The number of amides is 2. The Hall–Kier alpha value is -1.95. The van der Waals surface area contributed by atoms with E-state index in [1.807, 2.05) is 27.0 Å². The van der Waals surface area contributed by atoms with Crippen LogP contribution in [0.3, 0.4) is 0 Å². The fourth-order valence-electron chi connectivity index (χ4n) is 3.25. The molecule has 1 aliphatic rings. The van der Waals surface area contributed by atoms with Crippen LogP contribution in [0.15, 0.2) is 18.2 Å². The summed E-state index contributed by atoms with van der Waals surface area (Å²) in [5, 5.41) is 2.75. The zero-order valence-corrected chi connectivity index (χ0v) is 16.2. The Labute approximate surface area is 155 Å². The summed E-state index contributed by atoms with van der Waals surface area (Å²) in [4.78, 5) is 28.6. The monoisotopic (exact) mass is 363 g/mol. The van der Waals surface area contributed by atoms with Crippen molar-refractivity contribution in [3.8, 4) is 0 Å². The average Bonchev–Trinajstić information content (AvgIpc) is 2.60. The van der Waals surface area contributed by atoms with Crippen molar-refractivity contribution in [2.24, 2.45) is 5.92 Å². The van der Waals surface area contributed by atoms with Gasteiger partial charge in [-0.15, -0.1) is 0 Å². The van der Waals surface area contributed by atoms with Crippen LogP contribution in [0.1, 0.15) is 37.3 Å². The molecule has 6 heteroatoms. The summed E-state index contributed by atoms with van der Waals surface area (Å²) in [5.41, 5.74) is 1.54. The van der Waals surface area contributed by atoms with E-state index in [9.17, 15) is 14.0 Å². The number of benzene rings is 1. The number of carbonyl (C=O) groups is 2. The minimum absolute atomic E-state index is 0.00645. The van der Waals surface area contributed by atoms with Gasteiger partial charge in [0.25, 0.3) is 0 Å². The summed E-state index contributed by atoms with van der Waals surface area (Å²) >= 11 is 0. The molecule has 1 N–H and O–H groups in total. The topological polar surface area (TPSA) is 52.7 Å². The highest BCUT2D eigenvalue weighted by Crippen LogP contribution is 2.29. The fourth-order valence-corrected chi connectivity index (χ4v) is 3.25. The maximum Gasteiger partial charge on any atom is 0.242 e. The van der Waals surface area contributed by atoms with Crippen LogP contribution in [0.2, 0.25) is 0 Å². The van der Waals surface area contributed by atoms with E-state index in [-0.39, 0.29) is 36.0 Å². The third kappa shape index (κ3) is 5.53. The lowest BCUT2D eigenvalue weighted by Crippen LogP contribution is -2.50. The number of rotatable bonds is 6. The van der Waals surface area contributed by atoms with Gasteiger partial charge in [0.1, 0.15) is 5.82 Å². The Morgan fingerprint density at radius 1 is 1.19 bits per heavy atom. The molecule has 5 nitrogen and oxygen atoms in total. The first-order valence-electron chi connectivity index (χ1n) is 9.27. The van der Waals surface area contributed by atoms with E-state index in [0.29, 0.717) is 25.1 Å². The molecule has 1 aromatic carbocycles. The number of nitrogens with zero attached hydrogens (tertiary/aromatic N) is 2. The molecule has 0 aromatic heterocycles. The van der Waals surface area contributed by atoms with Gasteiger partial charge in [-0.05, 0) is 43.0 Å². The zero-order valence-electron chi connectivity index (χ0n) is 16.2. The molecule has 1 aromatic rings. The maximum absolute atomic E-state index is 13.5. The minimum atomic E-state index is -0.238. The van der Waals surface area contributed by atoms with Gasteiger partial charge in [-0.25, -0.2) is 4.39 Å². The first-order valence-corrected chi connectivity index (χ1v) is 9.27. The van der Waals surface area contributed by atoms with Gasteiger partial charge in [0, 0.05) is 32.6 Å². The van der Waals surface area contributed by atoms with Crippen molar-refractivity contribution >= 4 is 11.8 Å². The molecule has 1 unspecified atom stereocenters. The molecule has 0 bridgehead atoms.